The molecule has 4 atom stereocenters. The zero-order valence-corrected chi connectivity index (χ0v) is 10.3. The quantitative estimate of drug-likeness (QED) is 0.610. The maximum atomic E-state index is 11.5. The van der Waals surface area contributed by atoms with Crippen LogP contribution < -0.4 is 0 Å². The maximum Gasteiger partial charge on any atom is 0.162 e. The normalized spacial score (nSPS) is 41.2. The first-order chi connectivity index (χ1) is 8.83. The molecule has 0 aromatic heterocycles. The first kappa shape index (κ1) is 10.6. The van der Waals surface area contributed by atoms with E-state index in [-0.39, 0.29) is 11.9 Å². The van der Waals surface area contributed by atoms with Crippen LogP contribution in [0.3, 0.4) is 0 Å². The van der Waals surface area contributed by atoms with Crippen molar-refractivity contribution < 1.29 is 9.53 Å². The Kier molecular flexibility index (Phi) is 2.24. The second kappa shape index (κ2) is 3.82. The Morgan fingerprint density at radius 1 is 1.22 bits per heavy atom. The van der Waals surface area contributed by atoms with E-state index in [0.29, 0.717) is 30.9 Å². The molecule has 4 rings (SSSR count). The number of carbonyl (C=O) groups excluding carboxylic acids is 1. The fourth-order valence-corrected chi connectivity index (χ4v) is 3.93. The number of rotatable bonds is 0. The molecule has 4 unspecified atom stereocenters. The van der Waals surface area contributed by atoms with Gasteiger partial charge in [-0.25, -0.2) is 0 Å². The standard InChI is InChI=1S/C15H17NO2/c17-12-8-11-7-10-3-1-5-16-6-2-4-13(14(10)16)15(11)18-9-12/h1-2,5-7,10,13-15H,3-4,8-9H2. The monoisotopic (exact) mass is 243 g/mol. The number of hydrogen-bond donors (Lipinski definition) is 0. The van der Waals surface area contributed by atoms with Crippen LogP contribution in [0.15, 0.2) is 36.2 Å². The summed E-state index contributed by atoms with van der Waals surface area (Å²) in [7, 11) is 0. The van der Waals surface area contributed by atoms with E-state index in [9.17, 15) is 4.79 Å². The number of ketones is 1. The van der Waals surface area contributed by atoms with Crippen molar-refractivity contribution in [3.05, 3.63) is 36.2 Å². The van der Waals surface area contributed by atoms with E-state index >= 15 is 0 Å². The van der Waals surface area contributed by atoms with Crippen molar-refractivity contribution in [3.63, 3.8) is 0 Å². The van der Waals surface area contributed by atoms with E-state index in [1.165, 1.54) is 5.57 Å². The molecule has 0 aromatic rings. The van der Waals surface area contributed by atoms with Gasteiger partial charge in [-0.3, -0.25) is 4.79 Å². The van der Waals surface area contributed by atoms with Crippen molar-refractivity contribution in [2.24, 2.45) is 11.8 Å². The lowest BCUT2D eigenvalue weighted by Gasteiger charge is -2.50. The van der Waals surface area contributed by atoms with E-state index in [0.717, 1.165) is 12.8 Å². The van der Waals surface area contributed by atoms with Gasteiger partial charge < -0.3 is 9.64 Å². The van der Waals surface area contributed by atoms with E-state index in [1.54, 1.807) is 0 Å². The summed E-state index contributed by atoms with van der Waals surface area (Å²) in [5.41, 5.74) is 1.24. The summed E-state index contributed by atoms with van der Waals surface area (Å²) in [5.74, 6) is 1.29. The Bertz CT molecular complexity index is 477. The second-order valence-corrected chi connectivity index (χ2v) is 5.70. The van der Waals surface area contributed by atoms with Crippen LogP contribution in [0.2, 0.25) is 0 Å². The Labute approximate surface area is 107 Å². The van der Waals surface area contributed by atoms with E-state index < -0.39 is 0 Å². The molecule has 1 aliphatic carbocycles. The molecule has 0 saturated carbocycles. The molecule has 0 bridgehead atoms. The molecule has 1 saturated heterocycles. The summed E-state index contributed by atoms with van der Waals surface area (Å²) in [4.78, 5) is 13.9. The molecule has 0 amide bonds. The van der Waals surface area contributed by atoms with Crippen LogP contribution in [-0.2, 0) is 9.53 Å². The molecule has 0 aromatic carbocycles. The molecule has 3 heteroatoms. The van der Waals surface area contributed by atoms with Gasteiger partial charge in [-0.05, 0) is 30.8 Å². The van der Waals surface area contributed by atoms with E-state index in [1.807, 2.05) is 0 Å². The number of allylic oxidation sites excluding steroid dienone is 2. The molecule has 4 aliphatic rings. The fraction of sp³-hybridized carbons (Fsp3) is 0.533. The van der Waals surface area contributed by atoms with Crippen LogP contribution in [-0.4, -0.2) is 29.4 Å². The molecule has 1 fully saturated rings. The minimum atomic E-state index is 0.169. The minimum Gasteiger partial charge on any atom is -0.366 e. The second-order valence-electron chi connectivity index (χ2n) is 5.70. The SMILES string of the molecule is O=C1COC2C(=CC3CC=CN4C=CCC2C34)C1. The van der Waals surface area contributed by atoms with Crippen molar-refractivity contribution in [2.75, 3.05) is 6.61 Å². The number of fused-ring (bicyclic) bond motifs is 2. The summed E-state index contributed by atoms with van der Waals surface area (Å²) in [6.45, 7) is 0.301. The third kappa shape index (κ3) is 1.43. The fourth-order valence-electron chi connectivity index (χ4n) is 3.93. The first-order valence-electron chi connectivity index (χ1n) is 6.77. The molecule has 3 aliphatic heterocycles. The average Bonchev–Trinajstić information content (AvgIpc) is 2.39. The summed E-state index contributed by atoms with van der Waals surface area (Å²) in [6, 6.07) is 0.530. The van der Waals surface area contributed by atoms with Crippen LogP contribution in [0.5, 0.6) is 0 Å². The molecule has 3 heterocycles. The van der Waals surface area contributed by atoms with Crippen LogP contribution in [0, 0.1) is 11.8 Å². The predicted molar refractivity (Wildman–Crippen MR) is 67.6 cm³/mol. The number of Topliss-reactive ketones (excluding diaryl/α,β-unsaturated/α-hetero) is 1. The highest BCUT2D eigenvalue weighted by atomic mass is 16.5. The average molecular weight is 243 g/mol. The first-order valence-corrected chi connectivity index (χ1v) is 6.77. The van der Waals surface area contributed by atoms with Crippen LogP contribution in [0.4, 0.5) is 0 Å². The smallest absolute Gasteiger partial charge is 0.162 e. The van der Waals surface area contributed by atoms with E-state index in [4.69, 9.17) is 4.74 Å². The van der Waals surface area contributed by atoms with Crippen molar-refractivity contribution >= 4 is 5.78 Å². The third-order valence-electron chi connectivity index (χ3n) is 4.60. The van der Waals surface area contributed by atoms with Gasteiger partial charge in [-0.2, -0.15) is 0 Å². The van der Waals surface area contributed by atoms with Gasteiger partial charge in [0.25, 0.3) is 0 Å². The zero-order valence-electron chi connectivity index (χ0n) is 10.3. The summed E-state index contributed by atoms with van der Waals surface area (Å²) in [5, 5.41) is 0. The summed E-state index contributed by atoms with van der Waals surface area (Å²) >= 11 is 0. The molecule has 0 N–H and O–H groups in total. The van der Waals surface area contributed by atoms with Crippen molar-refractivity contribution in [2.45, 2.75) is 31.4 Å². The Morgan fingerprint density at radius 2 is 2.06 bits per heavy atom. The summed E-state index contributed by atoms with van der Waals surface area (Å²) < 4.78 is 5.83. The van der Waals surface area contributed by atoms with Crippen LogP contribution >= 0.6 is 0 Å². The van der Waals surface area contributed by atoms with Crippen molar-refractivity contribution in [1.82, 2.24) is 4.90 Å². The van der Waals surface area contributed by atoms with Gasteiger partial charge in [0.2, 0.25) is 0 Å². The molecule has 0 spiro atoms. The Morgan fingerprint density at radius 3 is 2.94 bits per heavy atom. The van der Waals surface area contributed by atoms with Gasteiger partial charge in [0.1, 0.15) is 6.61 Å². The zero-order chi connectivity index (χ0) is 12.1. The predicted octanol–water partition coefficient (Wildman–Crippen LogP) is 2.02. The molecule has 18 heavy (non-hydrogen) atoms. The lowest BCUT2D eigenvalue weighted by atomic mass is 9.69. The highest BCUT2D eigenvalue weighted by molar-refractivity contribution is 5.83. The topological polar surface area (TPSA) is 29.5 Å². The highest BCUT2D eigenvalue weighted by Crippen LogP contribution is 2.44. The van der Waals surface area contributed by atoms with Crippen LogP contribution in [0.25, 0.3) is 0 Å². The third-order valence-corrected chi connectivity index (χ3v) is 4.60. The van der Waals surface area contributed by atoms with Crippen molar-refractivity contribution in [3.8, 4) is 0 Å². The largest absolute Gasteiger partial charge is 0.366 e. The maximum absolute atomic E-state index is 11.5. The van der Waals surface area contributed by atoms with Gasteiger partial charge >= 0.3 is 0 Å². The Hall–Kier alpha value is -1.35. The Balaban J connectivity index is 1.75. The molecular weight excluding hydrogens is 226 g/mol. The van der Waals surface area contributed by atoms with Gasteiger partial charge in [0, 0.05) is 24.3 Å². The minimum absolute atomic E-state index is 0.169. The van der Waals surface area contributed by atoms with Gasteiger partial charge in [-0.1, -0.05) is 18.2 Å². The van der Waals surface area contributed by atoms with Gasteiger partial charge in [0.15, 0.2) is 5.78 Å². The number of carbonyl (C=O) groups is 1. The molecular formula is C15H17NO2. The number of ether oxygens (including phenoxy) is 1. The van der Waals surface area contributed by atoms with Crippen molar-refractivity contribution in [1.29, 1.82) is 0 Å². The highest BCUT2D eigenvalue weighted by Gasteiger charge is 2.45. The molecule has 3 nitrogen and oxygen atoms in total. The lowest BCUT2D eigenvalue weighted by Crippen LogP contribution is -2.53. The van der Waals surface area contributed by atoms with Crippen LogP contribution in [0.1, 0.15) is 19.3 Å². The van der Waals surface area contributed by atoms with Gasteiger partial charge in [-0.15, -0.1) is 0 Å². The lowest BCUT2D eigenvalue weighted by molar-refractivity contribution is -0.131. The number of hydrogen-bond acceptors (Lipinski definition) is 3. The van der Waals surface area contributed by atoms with Gasteiger partial charge in [0.05, 0.1) is 6.10 Å². The summed E-state index contributed by atoms with van der Waals surface area (Å²) in [6.07, 6.45) is 14.1. The molecule has 0 radical (unpaired) electrons. The molecule has 94 valence electrons. The van der Waals surface area contributed by atoms with E-state index in [2.05, 4.69) is 35.5 Å². The number of nitrogens with zero attached hydrogens (tertiary/aromatic N) is 1.